The number of H-pyrrole nitrogens is 1. The molecule has 19 heavy (non-hydrogen) atoms. The number of sulfonamides is 1. The zero-order chi connectivity index (χ0) is 13.9. The fourth-order valence-corrected chi connectivity index (χ4v) is 2.56. The van der Waals surface area contributed by atoms with Crippen molar-refractivity contribution in [1.29, 1.82) is 0 Å². The number of aromatic nitrogens is 3. The lowest BCUT2D eigenvalue weighted by atomic mass is 10.4. The van der Waals surface area contributed by atoms with Gasteiger partial charge in [-0.15, -0.1) is 0 Å². The van der Waals surface area contributed by atoms with Gasteiger partial charge < -0.3 is 15.2 Å². The maximum atomic E-state index is 11.9. The molecule has 4 N–H and O–H groups in total. The molecule has 0 spiro atoms. The molecule has 2 rings (SSSR count). The summed E-state index contributed by atoms with van der Waals surface area (Å²) in [7, 11) is -3.54. The Morgan fingerprint density at radius 3 is 2.89 bits per heavy atom. The predicted molar refractivity (Wildman–Crippen MR) is 66.6 cm³/mol. The molecule has 2 aromatic heterocycles. The number of aromatic amines is 1. The molecule has 0 saturated heterocycles. The van der Waals surface area contributed by atoms with Gasteiger partial charge in [-0.3, -0.25) is 0 Å². The third-order valence-electron chi connectivity index (χ3n) is 2.45. The molecule has 2 heterocycles. The number of nitrogens with zero attached hydrogens (tertiary/aromatic N) is 2. The van der Waals surface area contributed by atoms with Crippen LogP contribution in [0.5, 0.6) is 0 Å². The summed E-state index contributed by atoms with van der Waals surface area (Å²) in [5, 5.41) is 3.62. The first-order valence-corrected chi connectivity index (χ1v) is 7.16. The van der Waals surface area contributed by atoms with E-state index < -0.39 is 10.0 Å². The van der Waals surface area contributed by atoms with Crippen molar-refractivity contribution in [2.75, 3.05) is 6.54 Å². The van der Waals surface area contributed by atoms with Gasteiger partial charge in [0.05, 0.1) is 4.90 Å². The summed E-state index contributed by atoms with van der Waals surface area (Å²) in [5.41, 5.74) is 6.07. The number of nitrogens with two attached hydrogens (primary N) is 1. The van der Waals surface area contributed by atoms with Gasteiger partial charge in [0.1, 0.15) is 0 Å². The second-order valence-corrected chi connectivity index (χ2v) is 5.71. The molecule has 104 valence electrons. The first kappa shape index (κ1) is 13.7. The molecule has 8 nitrogen and oxygen atoms in total. The molecule has 0 bridgehead atoms. The lowest BCUT2D eigenvalue weighted by Gasteiger charge is -2.02. The Balaban J connectivity index is 1.94. The van der Waals surface area contributed by atoms with Crippen LogP contribution in [0.25, 0.3) is 0 Å². The Kier molecular flexibility index (Phi) is 3.98. The van der Waals surface area contributed by atoms with E-state index in [0.717, 1.165) is 0 Å². The molecule has 0 unspecified atom stereocenters. The highest BCUT2D eigenvalue weighted by atomic mass is 32.2. The van der Waals surface area contributed by atoms with Gasteiger partial charge in [0, 0.05) is 31.4 Å². The van der Waals surface area contributed by atoms with Crippen LogP contribution in [0, 0.1) is 6.92 Å². The van der Waals surface area contributed by atoms with Crippen molar-refractivity contribution in [3.05, 3.63) is 29.7 Å². The normalized spacial score (nSPS) is 11.9. The van der Waals surface area contributed by atoms with Crippen LogP contribution in [0.4, 0.5) is 0 Å². The van der Waals surface area contributed by atoms with Crippen molar-refractivity contribution in [3.8, 4) is 0 Å². The zero-order valence-corrected chi connectivity index (χ0v) is 11.2. The smallest absolute Gasteiger partial charge is 0.242 e. The van der Waals surface area contributed by atoms with Gasteiger partial charge in [0.15, 0.2) is 5.82 Å². The summed E-state index contributed by atoms with van der Waals surface area (Å²) in [5.74, 6) is 0.924. The first-order valence-electron chi connectivity index (χ1n) is 5.67. The molecule has 0 aromatic carbocycles. The average Bonchev–Trinajstić information content (AvgIpc) is 2.98. The fourth-order valence-electron chi connectivity index (χ4n) is 1.51. The van der Waals surface area contributed by atoms with Crippen molar-refractivity contribution in [1.82, 2.24) is 19.8 Å². The molecule has 0 amide bonds. The van der Waals surface area contributed by atoms with Gasteiger partial charge >= 0.3 is 0 Å². The summed E-state index contributed by atoms with van der Waals surface area (Å²) in [6.45, 7) is 2.15. The van der Waals surface area contributed by atoms with Gasteiger partial charge in [0.25, 0.3) is 0 Å². The van der Waals surface area contributed by atoms with Crippen LogP contribution >= 0.6 is 0 Å². The minimum absolute atomic E-state index is 0.162. The molecule has 0 saturated carbocycles. The van der Waals surface area contributed by atoms with E-state index in [1.165, 1.54) is 12.3 Å². The highest BCUT2D eigenvalue weighted by Gasteiger charge is 2.15. The van der Waals surface area contributed by atoms with Gasteiger partial charge in [-0.05, 0) is 13.0 Å². The summed E-state index contributed by atoms with van der Waals surface area (Å²) in [4.78, 5) is 6.93. The number of nitrogens with one attached hydrogen (secondary N) is 2. The van der Waals surface area contributed by atoms with Crippen molar-refractivity contribution >= 4 is 10.0 Å². The molecule has 0 atom stereocenters. The van der Waals surface area contributed by atoms with Crippen LogP contribution in [0.2, 0.25) is 0 Å². The minimum Gasteiger partial charge on any atom is -0.363 e. The third kappa shape index (κ3) is 3.40. The highest BCUT2D eigenvalue weighted by Crippen LogP contribution is 2.10. The molecule has 0 radical (unpaired) electrons. The molecular weight excluding hydrogens is 270 g/mol. The first-order chi connectivity index (χ1) is 9.01. The number of hydrogen-bond donors (Lipinski definition) is 3. The van der Waals surface area contributed by atoms with E-state index in [1.807, 2.05) is 0 Å². The van der Waals surface area contributed by atoms with E-state index in [2.05, 4.69) is 19.8 Å². The van der Waals surface area contributed by atoms with Crippen molar-refractivity contribution in [2.24, 2.45) is 5.73 Å². The maximum absolute atomic E-state index is 11.9. The van der Waals surface area contributed by atoms with Crippen molar-refractivity contribution in [3.63, 3.8) is 0 Å². The van der Waals surface area contributed by atoms with Crippen LogP contribution in [0.15, 0.2) is 21.7 Å². The molecule has 9 heteroatoms. The van der Waals surface area contributed by atoms with E-state index in [1.54, 1.807) is 6.92 Å². The number of aryl methyl sites for hydroxylation is 1. The van der Waals surface area contributed by atoms with Crippen LogP contribution in [-0.2, 0) is 23.0 Å². The molecule has 0 aliphatic carbocycles. The van der Waals surface area contributed by atoms with E-state index in [4.69, 9.17) is 10.3 Å². The minimum atomic E-state index is -3.54. The standard InChI is InChI=1S/C10H15N5O3S/c1-7-14-10(18-15-7)2-3-13-19(16,17)9-4-8(5-11)12-6-9/h4,6,12-13H,2-3,5,11H2,1H3. The average molecular weight is 285 g/mol. The topological polar surface area (TPSA) is 127 Å². The summed E-state index contributed by atoms with van der Waals surface area (Å²) in [6.07, 6.45) is 1.75. The Labute approximate surface area is 110 Å². The Hall–Kier alpha value is -1.71. The van der Waals surface area contributed by atoms with E-state index in [9.17, 15) is 8.42 Å². The lowest BCUT2D eigenvalue weighted by Crippen LogP contribution is -2.25. The Morgan fingerprint density at radius 1 is 1.53 bits per heavy atom. The van der Waals surface area contributed by atoms with E-state index in [-0.39, 0.29) is 18.0 Å². The van der Waals surface area contributed by atoms with Crippen LogP contribution in [0.1, 0.15) is 17.4 Å². The largest absolute Gasteiger partial charge is 0.363 e. The van der Waals surface area contributed by atoms with Crippen LogP contribution < -0.4 is 10.5 Å². The third-order valence-corrected chi connectivity index (χ3v) is 3.89. The Morgan fingerprint density at radius 2 is 2.32 bits per heavy atom. The predicted octanol–water partition coefficient (Wildman–Crippen LogP) is -0.314. The second-order valence-electron chi connectivity index (χ2n) is 3.95. The van der Waals surface area contributed by atoms with E-state index in [0.29, 0.717) is 23.8 Å². The van der Waals surface area contributed by atoms with Crippen LogP contribution in [0.3, 0.4) is 0 Å². The van der Waals surface area contributed by atoms with Gasteiger partial charge in [-0.2, -0.15) is 4.98 Å². The zero-order valence-electron chi connectivity index (χ0n) is 10.4. The lowest BCUT2D eigenvalue weighted by molar-refractivity contribution is 0.375. The summed E-state index contributed by atoms with van der Waals surface area (Å²) >= 11 is 0. The molecule has 0 fully saturated rings. The van der Waals surface area contributed by atoms with E-state index >= 15 is 0 Å². The fraction of sp³-hybridized carbons (Fsp3) is 0.400. The van der Waals surface area contributed by atoms with Gasteiger partial charge in [0.2, 0.25) is 15.9 Å². The SMILES string of the molecule is Cc1noc(CCNS(=O)(=O)c2c[nH]c(CN)c2)n1. The molecule has 2 aromatic rings. The molecule has 0 aliphatic rings. The monoisotopic (exact) mass is 285 g/mol. The quantitative estimate of drug-likeness (QED) is 0.668. The van der Waals surface area contributed by atoms with Crippen LogP contribution in [-0.4, -0.2) is 30.1 Å². The van der Waals surface area contributed by atoms with Gasteiger partial charge in [-0.1, -0.05) is 5.16 Å². The maximum Gasteiger partial charge on any atom is 0.242 e. The van der Waals surface area contributed by atoms with Gasteiger partial charge in [-0.25, -0.2) is 13.1 Å². The van der Waals surface area contributed by atoms with Crippen molar-refractivity contribution in [2.45, 2.75) is 24.8 Å². The second kappa shape index (κ2) is 5.51. The highest BCUT2D eigenvalue weighted by molar-refractivity contribution is 7.89. The Bertz CT molecular complexity index is 646. The number of hydrogen-bond acceptors (Lipinski definition) is 6. The number of rotatable bonds is 6. The summed E-state index contributed by atoms with van der Waals surface area (Å²) < 4.78 is 31.2. The van der Waals surface area contributed by atoms with Crippen molar-refractivity contribution < 1.29 is 12.9 Å². The molecule has 0 aliphatic heterocycles. The summed E-state index contributed by atoms with van der Waals surface area (Å²) in [6, 6.07) is 1.50. The molecular formula is C10H15N5O3S.